The van der Waals surface area contributed by atoms with Crippen molar-refractivity contribution in [2.75, 3.05) is 7.11 Å². The normalized spacial score (nSPS) is 18.4. The second-order valence-electron chi connectivity index (χ2n) is 5.94. The van der Waals surface area contributed by atoms with Crippen LogP contribution in [0.5, 0.6) is 0 Å². The molecule has 3 nitrogen and oxygen atoms in total. The molecule has 25 heavy (non-hydrogen) atoms. The minimum Gasteiger partial charge on any atom is -0.467 e. The molecule has 1 aliphatic rings. The van der Waals surface area contributed by atoms with Gasteiger partial charge in [0.25, 0.3) is 0 Å². The number of nitrogens with zero attached hydrogens (tertiary/aromatic N) is 1. The lowest BCUT2D eigenvalue weighted by atomic mass is 9.82. The van der Waals surface area contributed by atoms with Crippen molar-refractivity contribution in [3.8, 4) is 0 Å². The number of methoxy groups -OCH3 is 1. The molecular weight excluding hydrogens is 310 g/mol. The number of ether oxygens (including phenoxy) is 1. The smallest absolute Gasteiger partial charge is 0.343 e. The molecule has 0 saturated heterocycles. The maximum Gasteiger partial charge on any atom is 0.343 e. The summed E-state index contributed by atoms with van der Waals surface area (Å²) in [5.41, 5.74) is 3.25. The molecule has 0 saturated carbocycles. The van der Waals surface area contributed by atoms with E-state index >= 15 is 0 Å². The van der Waals surface area contributed by atoms with Crippen LogP contribution < -0.4 is 0 Å². The summed E-state index contributed by atoms with van der Waals surface area (Å²) in [5.74, 6) is -0.378. The van der Waals surface area contributed by atoms with Gasteiger partial charge in [-0.05, 0) is 5.56 Å². The molecule has 4 rings (SSSR count). The molecule has 1 heterocycles. The second kappa shape index (κ2) is 6.02. The zero-order chi connectivity index (χ0) is 17.3. The Kier molecular flexibility index (Phi) is 3.69. The fraction of sp³-hybridized carbons (Fsp3) is 0.0909. The van der Waals surface area contributed by atoms with Crippen LogP contribution in [0.1, 0.15) is 22.3 Å². The van der Waals surface area contributed by atoms with Crippen LogP contribution in [-0.4, -0.2) is 18.8 Å². The van der Waals surface area contributed by atoms with E-state index in [1.807, 2.05) is 84.9 Å². The van der Waals surface area contributed by atoms with E-state index in [1.54, 1.807) is 0 Å². The first kappa shape index (κ1) is 15.3. The minimum absolute atomic E-state index is 0.378. The molecule has 0 aliphatic carbocycles. The molecule has 3 aromatic carbocycles. The van der Waals surface area contributed by atoms with Crippen LogP contribution in [0, 0.1) is 0 Å². The van der Waals surface area contributed by atoms with Gasteiger partial charge in [0, 0.05) is 16.7 Å². The lowest BCUT2D eigenvalue weighted by molar-refractivity contribution is -0.145. The molecule has 3 aromatic rings. The van der Waals surface area contributed by atoms with Gasteiger partial charge in [0.05, 0.1) is 12.8 Å². The van der Waals surface area contributed by atoms with Crippen molar-refractivity contribution < 1.29 is 9.53 Å². The van der Waals surface area contributed by atoms with E-state index in [0.717, 1.165) is 28.0 Å². The van der Waals surface area contributed by atoms with Crippen LogP contribution in [0.2, 0.25) is 0 Å². The van der Waals surface area contributed by atoms with E-state index in [1.165, 1.54) is 7.11 Å². The number of hydrogen-bond acceptors (Lipinski definition) is 3. The van der Waals surface area contributed by atoms with Crippen molar-refractivity contribution in [3.63, 3.8) is 0 Å². The van der Waals surface area contributed by atoms with Crippen molar-refractivity contribution in [2.24, 2.45) is 4.99 Å². The Balaban J connectivity index is 2.05. The SMILES string of the molecule is COC(=O)C1(c2ccccc2)N=C(c2ccccc2)c2ccccc21. The molecule has 0 aromatic heterocycles. The van der Waals surface area contributed by atoms with Gasteiger partial charge in [0.2, 0.25) is 5.54 Å². The summed E-state index contributed by atoms with van der Waals surface area (Å²) in [6.45, 7) is 0. The first-order valence-electron chi connectivity index (χ1n) is 8.16. The van der Waals surface area contributed by atoms with Gasteiger partial charge in [0.1, 0.15) is 0 Å². The molecule has 3 heteroatoms. The Morgan fingerprint density at radius 1 is 0.840 bits per heavy atom. The van der Waals surface area contributed by atoms with Crippen molar-refractivity contribution in [1.29, 1.82) is 0 Å². The Morgan fingerprint density at radius 3 is 2.12 bits per heavy atom. The number of benzene rings is 3. The van der Waals surface area contributed by atoms with Gasteiger partial charge in [0.15, 0.2) is 0 Å². The fourth-order valence-electron chi connectivity index (χ4n) is 3.43. The van der Waals surface area contributed by atoms with Crippen LogP contribution in [0.15, 0.2) is 89.9 Å². The van der Waals surface area contributed by atoms with Gasteiger partial charge >= 0.3 is 5.97 Å². The van der Waals surface area contributed by atoms with Gasteiger partial charge in [-0.25, -0.2) is 4.79 Å². The van der Waals surface area contributed by atoms with Gasteiger partial charge in [-0.15, -0.1) is 0 Å². The van der Waals surface area contributed by atoms with Gasteiger partial charge in [-0.3, -0.25) is 4.99 Å². The van der Waals surface area contributed by atoms with Crippen LogP contribution >= 0.6 is 0 Å². The lowest BCUT2D eigenvalue weighted by Crippen LogP contribution is -2.35. The molecule has 0 radical (unpaired) electrons. The maximum atomic E-state index is 12.9. The second-order valence-corrected chi connectivity index (χ2v) is 5.94. The summed E-state index contributed by atoms with van der Waals surface area (Å²) in [4.78, 5) is 17.9. The highest BCUT2D eigenvalue weighted by Gasteiger charge is 2.49. The molecule has 0 bridgehead atoms. The van der Waals surface area contributed by atoms with Crippen LogP contribution in [-0.2, 0) is 15.1 Å². The summed E-state index contributed by atoms with van der Waals surface area (Å²) in [5, 5.41) is 0. The fourth-order valence-corrected chi connectivity index (χ4v) is 3.43. The summed E-state index contributed by atoms with van der Waals surface area (Å²) in [7, 11) is 1.41. The Morgan fingerprint density at radius 2 is 1.44 bits per heavy atom. The monoisotopic (exact) mass is 327 g/mol. The highest BCUT2D eigenvalue weighted by Crippen LogP contribution is 2.43. The predicted molar refractivity (Wildman–Crippen MR) is 97.8 cm³/mol. The molecule has 122 valence electrons. The number of carbonyl (C=O) groups is 1. The van der Waals surface area contributed by atoms with Gasteiger partial charge in [-0.2, -0.15) is 0 Å². The first-order chi connectivity index (χ1) is 12.3. The highest BCUT2D eigenvalue weighted by molar-refractivity contribution is 6.18. The van der Waals surface area contributed by atoms with E-state index < -0.39 is 5.54 Å². The largest absolute Gasteiger partial charge is 0.467 e. The average Bonchev–Trinajstić information content (AvgIpc) is 3.05. The van der Waals surface area contributed by atoms with E-state index in [0.29, 0.717) is 0 Å². The third kappa shape index (κ3) is 2.28. The number of esters is 1. The number of hydrogen-bond donors (Lipinski definition) is 0. The van der Waals surface area contributed by atoms with E-state index in [2.05, 4.69) is 0 Å². The van der Waals surface area contributed by atoms with E-state index in [4.69, 9.17) is 9.73 Å². The van der Waals surface area contributed by atoms with Crippen LogP contribution in [0.3, 0.4) is 0 Å². The summed E-state index contributed by atoms with van der Waals surface area (Å²) >= 11 is 0. The maximum absolute atomic E-state index is 12.9. The third-order valence-electron chi connectivity index (χ3n) is 4.57. The number of carbonyl (C=O) groups excluding carboxylic acids is 1. The van der Waals surface area contributed by atoms with Crippen LogP contribution in [0.4, 0.5) is 0 Å². The molecule has 0 spiro atoms. The van der Waals surface area contributed by atoms with Crippen molar-refractivity contribution >= 4 is 11.7 Å². The molecular formula is C22H17NO2. The number of fused-ring (bicyclic) bond motifs is 1. The molecule has 1 aliphatic heterocycles. The molecule has 0 N–H and O–H groups in total. The number of aliphatic imine (C=N–C) groups is 1. The lowest BCUT2D eigenvalue weighted by Gasteiger charge is -2.25. The molecule has 0 amide bonds. The zero-order valence-electron chi connectivity index (χ0n) is 13.8. The Hall–Kier alpha value is -3.20. The standard InChI is InChI=1S/C22H17NO2/c1-25-21(24)22(17-12-6-3-7-13-17)19-15-9-8-14-18(19)20(23-22)16-10-4-2-5-11-16/h2-15H,1H3. The third-order valence-corrected chi connectivity index (χ3v) is 4.57. The Labute approximate surface area is 146 Å². The number of rotatable bonds is 3. The van der Waals surface area contributed by atoms with Crippen LogP contribution in [0.25, 0.3) is 0 Å². The van der Waals surface area contributed by atoms with Crippen molar-refractivity contribution in [3.05, 3.63) is 107 Å². The molecule has 1 unspecified atom stereocenters. The molecule has 1 atom stereocenters. The zero-order valence-corrected chi connectivity index (χ0v) is 13.8. The highest BCUT2D eigenvalue weighted by atomic mass is 16.5. The summed E-state index contributed by atoms with van der Waals surface area (Å²) < 4.78 is 5.19. The average molecular weight is 327 g/mol. The topological polar surface area (TPSA) is 38.7 Å². The quantitative estimate of drug-likeness (QED) is 0.683. The summed E-state index contributed by atoms with van der Waals surface area (Å²) in [6, 6.07) is 27.4. The predicted octanol–water partition coefficient (Wildman–Crippen LogP) is 3.95. The van der Waals surface area contributed by atoms with Crippen molar-refractivity contribution in [2.45, 2.75) is 5.54 Å². The van der Waals surface area contributed by atoms with E-state index in [9.17, 15) is 4.79 Å². The van der Waals surface area contributed by atoms with Gasteiger partial charge < -0.3 is 4.74 Å². The Bertz CT molecular complexity index is 948. The summed E-state index contributed by atoms with van der Waals surface area (Å²) in [6.07, 6.45) is 0. The van der Waals surface area contributed by atoms with E-state index in [-0.39, 0.29) is 5.97 Å². The minimum atomic E-state index is -1.17. The van der Waals surface area contributed by atoms with Crippen molar-refractivity contribution in [1.82, 2.24) is 0 Å². The van der Waals surface area contributed by atoms with Gasteiger partial charge in [-0.1, -0.05) is 84.9 Å². The first-order valence-corrected chi connectivity index (χ1v) is 8.16. The molecule has 0 fully saturated rings.